The number of benzene rings is 2. The van der Waals surface area contributed by atoms with E-state index in [1.807, 2.05) is 0 Å². The van der Waals surface area contributed by atoms with E-state index in [1.165, 1.54) is 150 Å². The molecule has 8 heteroatoms. The highest BCUT2D eigenvalue weighted by Gasteiger charge is 2.33. The lowest BCUT2D eigenvalue weighted by Gasteiger charge is -2.40. The lowest BCUT2D eigenvalue weighted by Crippen LogP contribution is -3.00. The van der Waals surface area contributed by atoms with Crippen molar-refractivity contribution in [2.45, 2.75) is 78.3 Å². The highest BCUT2D eigenvalue weighted by atomic mass is 35.5. The molecular formula is C34H58Cl4N4. The van der Waals surface area contributed by atoms with E-state index in [-0.39, 0.29) is 49.6 Å². The van der Waals surface area contributed by atoms with Crippen LogP contribution in [0.15, 0.2) is 48.5 Å². The summed E-state index contributed by atoms with van der Waals surface area (Å²) in [5.41, 5.74) is 6.09. The quantitative estimate of drug-likeness (QED) is 0.140. The van der Waals surface area contributed by atoms with Crippen molar-refractivity contribution < 1.29 is 69.2 Å². The first-order valence-electron chi connectivity index (χ1n) is 16.0. The fourth-order valence-electron chi connectivity index (χ4n) is 7.15. The second-order valence-corrected chi connectivity index (χ2v) is 12.8. The first-order valence-corrected chi connectivity index (χ1v) is 16.0. The van der Waals surface area contributed by atoms with Gasteiger partial charge >= 0.3 is 0 Å². The summed E-state index contributed by atoms with van der Waals surface area (Å²) in [6.45, 7) is 20.4. The van der Waals surface area contributed by atoms with Crippen molar-refractivity contribution >= 4 is 0 Å². The Labute approximate surface area is 282 Å². The van der Waals surface area contributed by atoms with Gasteiger partial charge in [-0.2, -0.15) is 0 Å². The smallest absolute Gasteiger partial charge is 0.129 e. The van der Waals surface area contributed by atoms with Crippen molar-refractivity contribution in [2.75, 3.05) is 65.4 Å². The Kier molecular flexibility index (Phi) is 21.7. The third-order valence-corrected chi connectivity index (χ3v) is 9.78. The van der Waals surface area contributed by atoms with E-state index < -0.39 is 0 Å². The topological polar surface area (TPSA) is 33.2 Å². The van der Waals surface area contributed by atoms with Crippen LogP contribution in [-0.2, 0) is 13.1 Å². The Bertz CT molecular complexity index is 885. The molecule has 0 radical (unpaired) electrons. The number of hydrogen-bond acceptors (Lipinski definition) is 0. The van der Waals surface area contributed by atoms with Gasteiger partial charge in [0.15, 0.2) is 0 Å². The summed E-state index contributed by atoms with van der Waals surface area (Å²) in [6.07, 6.45) is 11.4. The van der Waals surface area contributed by atoms with Crippen LogP contribution in [0.2, 0.25) is 0 Å². The van der Waals surface area contributed by atoms with Gasteiger partial charge in [-0.1, -0.05) is 74.2 Å². The monoisotopic (exact) mass is 662 g/mol. The fourth-order valence-corrected chi connectivity index (χ4v) is 7.15. The standard InChI is InChI=1S/C34H56N4.4ClH/c1-31-15-9-11-17-33(31)29-37(25-19-35-20-26-37)23-13-7-5-3-4-6-8-14-24-38(27-21-36-22-28-38)30-34-18-12-10-16-32(34)2;;;;/h9-12,15-18,35-36H,3-8,13-14,19-30H2,1-2H3;4*1H/q+2;;;;/p-2. The number of hydrogen-bond donors (Lipinski definition) is 2. The number of unbranched alkanes of at least 4 members (excludes halogenated alkanes) is 7. The number of piperazine rings is 2. The van der Waals surface area contributed by atoms with Gasteiger partial charge in [-0.15, -0.1) is 0 Å². The second-order valence-electron chi connectivity index (χ2n) is 12.8. The van der Waals surface area contributed by atoms with Crippen molar-refractivity contribution in [1.29, 1.82) is 0 Å². The molecule has 2 aromatic carbocycles. The SMILES string of the molecule is Cc1ccccc1C[N+]1(CCCCCCCCCC[N+]2(Cc3ccccc3C)CC[NH2+]CC2)CC[NH2+]CC1.[Cl-].[Cl-].[Cl-].[Cl-]. The molecule has 4 nitrogen and oxygen atoms in total. The van der Waals surface area contributed by atoms with Gasteiger partial charge in [-0.3, -0.25) is 0 Å². The third-order valence-electron chi connectivity index (χ3n) is 9.78. The van der Waals surface area contributed by atoms with Gasteiger partial charge in [0.25, 0.3) is 0 Å². The average Bonchev–Trinajstić information content (AvgIpc) is 2.93. The van der Waals surface area contributed by atoms with Crippen molar-refractivity contribution in [3.05, 3.63) is 70.8 Å². The zero-order valence-corrected chi connectivity index (χ0v) is 29.3. The Hall–Kier alpha value is -0.560. The van der Waals surface area contributed by atoms with E-state index >= 15 is 0 Å². The molecule has 0 bridgehead atoms. The molecule has 2 aromatic rings. The van der Waals surface area contributed by atoms with E-state index in [4.69, 9.17) is 0 Å². The maximum absolute atomic E-state index is 2.52. The zero-order valence-electron chi connectivity index (χ0n) is 26.3. The van der Waals surface area contributed by atoms with Crippen LogP contribution in [0.4, 0.5) is 0 Å². The summed E-state index contributed by atoms with van der Waals surface area (Å²) >= 11 is 0. The highest BCUT2D eigenvalue weighted by Crippen LogP contribution is 2.22. The highest BCUT2D eigenvalue weighted by molar-refractivity contribution is 5.25. The van der Waals surface area contributed by atoms with E-state index in [0.29, 0.717) is 0 Å². The van der Waals surface area contributed by atoms with Crippen molar-refractivity contribution in [1.82, 2.24) is 0 Å². The average molecular weight is 665 g/mol. The molecule has 2 aliphatic rings. The molecular weight excluding hydrogens is 606 g/mol. The number of quaternary nitrogens is 4. The Morgan fingerprint density at radius 2 is 0.786 bits per heavy atom. The second kappa shape index (κ2) is 22.0. The molecule has 2 fully saturated rings. The third kappa shape index (κ3) is 13.2. The molecule has 0 spiro atoms. The van der Waals surface area contributed by atoms with Gasteiger partial charge < -0.3 is 69.2 Å². The molecule has 0 aliphatic carbocycles. The van der Waals surface area contributed by atoms with Gasteiger partial charge in [0.05, 0.1) is 13.1 Å². The molecule has 42 heavy (non-hydrogen) atoms. The van der Waals surface area contributed by atoms with Gasteiger partial charge in [-0.05, 0) is 50.7 Å². The number of rotatable bonds is 15. The van der Waals surface area contributed by atoms with Crippen LogP contribution in [0.5, 0.6) is 0 Å². The van der Waals surface area contributed by atoms with Gasteiger partial charge in [0.1, 0.15) is 65.4 Å². The molecule has 2 aliphatic heterocycles. The predicted molar refractivity (Wildman–Crippen MR) is 160 cm³/mol. The molecule has 0 aromatic heterocycles. The minimum absolute atomic E-state index is 0. The first-order chi connectivity index (χ1) is 18.6. The summed E-state index contributed by atoms with van der Waals surface area (Å²) in [4.78, 5) is 0. The van der Waals surface area contributed by atoms with Crippen molar-refractivity contribution in [3.63, 3.8) is 0 Å². The first kappa shape index (κ1) is 41.4. The maximum Gasteiger partial charge on any atom is 0.129 e. The molecule has 4 rings (SSSR count). The van der Waals surface area contributed by atoms with Crippen molar-refractivity contribution in [3.8, 4) is 0 Å². The summed E-state index contributed by atoms with van der Waals surface area (Å²) in [7, 11) is 0. The maximum atomic E-state index is 2.52. The predicted octanol–water partition coefficient (Wildman–Crippen LogP) is -8.07. The van der Waals surface area contributed by atoms with Crippen molar-refractivity contribution in [2.24, 2.45) is 0 Å². The van der Waals surface area contributed by atoms with Crippen LogP contribution >= 0.6 is 0 Å². The van der Waals surface area contributed by atoms with E-state index in [0.717, 1.165) is 0 Å². The number of halogens is 4. The largest absolute Gasteiger partial charge is 1.00 e. The number of nitrogens with two attached hydrogens (primary N) is 2. The van der Waals surface area contributed by atoms with Gasteiger partial charge in [-0.25, -0.2) is 0 Å². The molecule has 2 saturated heterocycles. The lowest BCUT2D eigenvalue weighted by atomic mass is 10.0. The summed E-state index contributed by atoms with van der Waals surface area (Å²) < 4.78 is 2.64. The molecule has 2 heterocycles. The summed E-state index contributed by atoms with van der Waals surface area (Å²) in [5.74, 6) is 0. The number of aryl methyl sites for hydroxylation is 2. The van der Waals surface area contributed by atoms with E-state index in [1.54, 1.807) is 11.1 Å². The van der Waals surface area contributed by atoms with Crippen LogP contribution in [0.25, 0.3) is 0 Å². The minimum Gasteiger partial charge on any atom is -1.00 e. The Morgan fingerprint density at radius 3 is 1.12 bits per heavy atom. The molecule has 0 amide bonds. The molecule has 0 unspecified atom stereocenters. The van der Waals surface area contributed by atoms with Crippen LogP contribution in [0.3, 0.4) is 0 Å². The molecule has 0 atom stereocenters. The van der Waals surface area contributed by atoms with Crippen LogP contribution < -0.4 is 60.3 Å². The molecule has 4 N–H and O–H groups in total. The summed E-state index contributed by atoms with van der Waals surface area (Å²) in [5, 5.41) is 5.04. The summed E-state index contributed by atoms with van der Waals surface area (Å²) in [6, 6.07) is 18.1. The minimum atomic E-state index is 0. The Balaban J connectivity index is 0.00000420. The number of nitrogens with zero attached hydrogens (tertiary/aromatic N) is 2. The van der Waals surface area contributed by atoms with E-state index in [9.17, 15) is 0 Å². The van der Waals surface area contributed by atoms with Crippen LogP contribution in [-0.4, -0.2) is 74.4 Å². The zero-order chi connectivity index (χ0) is 26.5. The lowest BCUT2D eigenvalue weighted by molar-refractivity contribution is -0.978. The fraction of sp³-hybridized carbons (Fsp3) is 0.647. The molecule has 0 saturated carbocycles. The molecule has 242 valence electrons. The van der Waals surface area contributed by atoms with Crippen LogP contribution in [0.1, 0.15) is 73.6 Å². The normalized spacial score (nSPS) is 17.1. The van der Waals surface area contributed by atoms with Crippen LogP contribution in [0, 0.1) is 13.8 Å². The van der Waals surface area contributed by atoms with Gasteiger partial charge in [0, 0.05) is 11.1 Å². The Morgan fingerprint density at radius 1 is 0.476 bits per heavy atom. The van der Waals surface area contributed by atoms with Gasteiger partial charge in [0.2, 0.25) is 0 Å². The van der Waals surface area contributed by atoms with E-state index in [2.05, 4.69) is 73.0 Å².